The number of hydrogen-bond donors (Lipinski definition) is 1. The number of nitrogens with two attached hydrogens (primary N) is 1. The molecule has 96 valence electrons. The van der Waals surface area contributed by atoms with Gasteiger partial charge in [0.05, 0.1) is 24.4 Å². The molecule has 0 aromatic heterocycles. The molecule has 1 aliphatic rings. The van der Waals surface area contributed by atoms with Crippen molar-refractivity contribution in [3.05, 3.63) is 0 Å². The first kappa shape index (κ1) is 13.9. The second kappa shape index (κ2) is 6.55. The zero-order chi connectivity index (χ0) is 12.0. The molecule has 1 rings (SSSR count). The van der Waals surface area contributed by atoms with E-state index in [0.717, 1.165) is 19.3 Å². The average molecular weight is 231 g/mol. The van der Waals surface area contributed by atoms with Crippen molar-refractivity contribution in [3.63, 3.8) is 0 Å². The van der Waals surface area contributed by atoms with Crippen molar-refractivity contribution in [1.82, 2.24) is 0 Å². The monoisotopic (exact) mass is 231 g/mol. The molecular weight excluding hydrogens is 206 g/mol. The normalized spacial score (nSPS) is 26.2. The standard InChI is InChI=1S/C12H25NO3/c1-12(2,14-3)6-7-15-9-11-5-4-10(8-13)16-11/h10-11H,4-9,13H2,1-3H3. The van der Waals surface area contributed by atoms with Crippen LogP contribution in [0, 0.1) is 0 Å². The fraction of sp³-hybridized carbons (Fsp3) is 1.00. The Kier molecular flexibility index (Phi) is 5.69. The lowest BCUT2D eigenvalue weighted by Crippen LogP contribution is -2.26. The van der Waals surface area contributed by atoms with Crippen LogP contribution in [0.5, 0.6) is 0 Å². The van der Waals surface area contributed by atoms with E-state index >= 15 is 0 Å². The van der Waals surface area contributed by atoms with Gasteiger partial charge in [-0.25, -0.2) is 0 Å². The van der Waals surface area contributed by atoms with Gasteiger partial charge in [0.15, 0.2) is 0 Å². The summed E-state index contributed by atoms with van der Waals surface area (Å²) in [5.41, 5.74) is 5.44. The molecule has 0 amide bonds. The predicted molar refractivity (Wildman–Crippen MR) is 63.5 cm³/mol. The molecular formula is C12H25NO3. The predicted octanol–water partition coefficient (Wildman–Crippen LogP) is 1.32. The van der Waals surface area contributed by atoms with E-state index in [1.54, 1.807) is 7.11 Å². The lowest BCUT2D eigenvalue weighted by atomic mass is 10.1. The number of hydrogen-bond acceptors (Lipinski definition) is 4. The van der Waals surface area contributed by atoms with Crippen molar-refractivity contribution in [1.29, 1.82) is 0 Å². The zero-order valence-corrected chi connectivity index (χ0v) is 10.7. The highest BCUT2D eigenvalue weighted by atomic mass is 16.5. The summed E-state index contributed by atoms with van der Waals surface area (Å²) in [4.78, 5) is 0. The smallest absolute Gasteiger partial charge is 0.0813 e. The van der Waals surface area contributed by atoms with Gasteiger partial charge in [0.2, 0.25) is 0 Å². The van der Waals surface area contributed by atoms with Gasteiger partial charge in [0, 0.05) is 20.3 Å². The minimum atomic E-state index is -0.101. The van der Waals surface area contributed by atoms with Crippen LogP contribution in [-0.2, 0) is 14.2 Å². The lowest BCUT2D eigenvalue weighted by Gasteiger charge is -2.23. The number of rotatable bonds is 7. The summed E-state index contributed by atoms with van der Waals surface area (Å²) in [6.45, 7) is 6.14. The van der Waals surface area contributed by atoms with Crippen molar-refractivity contribution in [3.8, 4) is 0 Å². The molecule has 4 nitrogen and oxygen atoms in total. The molecule has 0 bridgehead atoms. The Hall–Kier alpha value is -0.160. The molecule has 0 aliphatic carbocycles. The maximum absolute atomic E-state index is 5.69. The third kappa shape index (κ3) is 4.78. The van der Waals surface area contributed by atoms with Gasteiger partial charge < -0.3 is 19.9 Å². The first-order chi connectivity index (χ1) is 7.57. The van der Waals surface area contributed by atoms with Crippen molar-refractivity contribution < 1.29 is 14.2 Å². The first-order valence-corrected chi connectivity index (χ1v) is 6.06. The van der Waals surface area contributed by atoms with E-state index in [2.05, 4.69) is 13.8 Å². The quantitative estimate of drug-likeness (QED) is 0.671. The van der Waals surface area contributed by atoms with E-state index in [1.165, 1.54) is 0 Å². The molecule has 2 atom stereocenters. The Bertz CT molecular complexity index is 197. The van der Waals surface area contributed by atoms with Crippen molar-refractivity contribution in [2.24, 2.45) is 5.73 Å². The lowest BCUT2D eigenvalue weighted by molar-refractivity contribution is -0.0391. The molecule has 1 heterocycles. The highest BCUT2D eigenvalue weighted by molar-refractivity contribution is 4.74. The molecule has 0 saturated carbocycles. The zero-order valence-electron chi connectivity index (χ0n) is 10.7. The highest BCUT2D eigenvalue weighted by Crippen LogP contribution is 2.19. The van der Waals surface area contributed by atoms with E-state index in [0.29, 0.717) is 19.8 Å². The van der Waals surface area contributed by atoms with Crippen LogP contribution in [0.3, 0.4) is 0 Å². The maximum Gasteiger partial charge on any atom is 0.0813 e. The second-order valence-electron chi connectivity index (χ2n) is 4.98. The van der Waals surface area contributed by atoms with Crippen LogP contribution < -0.4 is 5.73 Å². The van der Waals surface area contributed by atoms with Crippen LogP contribution in [0.4, 0.5) is 0 Å². The van der Waals surface area contributed by atoms with Crippen LogP contribution in [0.2, 0.25) is 0 Å². The molecule has 0 spiro atoms. The topological polar surface area (TPSA) is 53.7 Å². The molecule has 0 radical (unpaired) electrons. The molecule has 0 aromatic rings. The van der Waals surface area contributed by atoms with E-state index < -0.39 is 0 Å². The minimum Gasteiger partial charge on any atom is -0.379 e. The summed E-state index contributed by atoms with van der Waals surface area (Å²) in [6, 6.07) is 0. The molecule has 4 heteroatoms. The van der Waals surface area contributed by atoms with Crippen molar-refractivity contribution in [2.75, 3.05) is 26.9 Å². The van der Waals surface area contributed by atoms with Gasteiger partial charge in [-0.15, -0.1) is 0 Å². The Morgan fingerprint density at radius 1 is 1.31 bits per heavy atom. The largest absolute Gasteiger partial charge is 0.379 e. The van der Waals surface area contributed by atoms with Crippen molar-refractivity contribution >= 4 is 0 Å². The molecule has 1 fully saturated rings. The summed E-state index contributed by atoms with van der Waals surface area (Å²) in [7, 11) is 1.73. The molecule has 0 aromatic carbocycles. The van der Waals surface area contributed by atoms with Gasteiger partial charge in [0.25, 0.3) is 0 Å². The fourth-order valence-electron chi connectivity index (χ4n) is 1.71. The van der Waals surface area contributed by atoms with Gasteiger partial charge in [0.1, 0.15) is 0 Å². The Labute approximate surface area is 98.4 Å². The Morgan fingerprint density at radius 3 is 2.56 bits per heavy atom. The molecule has 1 aliphatic heterocycles. The van der Waals surface area contributed by atoms with Gasteiger partial charge in [-0.2, -0.15) is 0 Å². The van der Waals surface area contributed by atoms with Gasteiger partial charge in [-0.05, 0) is 33.1 Å². The van der Waals surface area contributed by atoms with Gasteiger partial charge in [-0.1, -0.05) is 0 Å². The summed E-state index contributed by atoms with van der Waals surface area (Å²) in [6.07, 6.45) is 3.50. The van der Waals surface area contributed by atoms with E-state index in [-0.39, 0.29) is 17.8 Å². The molecule has 16 heavy (non-hydrogen) atoms. The third-order valence-electron chi connectivity index (χ3n) is 3.16. The Morgan fingerprint density at radius 2 is 2.00 bits per heavy atom. The summed E-state index contributed by atoms with van der Waals surface area (Å²) >= 11 is 0. The van der Waals surface area contributed by atoms with Crippen LogP contribution in [0.15, 0.2) is 0 Å². The molecule has 2 N–H and O–H groups in total. The SMILES string of the molecule is COC(C)(C)CCOCC1CCC(CN)O1. The Balaban J connectivity index is 2.04. The van der Waals surface area contributed by atoms with Crippen LogP contribution in [0.25, 0.3) is 0 Å². The highest BCUT2D eigenvalue weighted by Gasteiger charge is 2.24. The number of ether oxygens (including phenoxy) is 3. The summed E-state index contributed by atoms with van der Waals surface area (Å²) in [5, 5.41) is 0. The maximum atomic E-state index is 5.69. The summed E-state index contributed by atoms with van der Waals surface area (Å²) < 4.78 is 16.6. The first-order valence-electron chi connectivity index (χ1n) is 6.06. The minimum absolute atomic E-state index is 0.101. The molecule has 1 saturated heterocycles. The van der Waals surface area contributed by atoms with Crippen LogP contribution in [-0.4, -0.2) is 44.7 Å². The molecule has 2 unspecified atom stereocenters. The van der Waals surface area contributed by atoms with E-state index in [1.807, 2.05) is 0 Å². The van der Waals surface area contributed by atoms with E-state index in [4.69, 9.17) is 19.9 Å². The summed E-state index contributed by atoms with van der Waals surface area (Å²) in [5.74, 6) is 0. The average Bonchev–Trinajstić information content (AvgIpc) is 2.72. The fourth-order valence-corrected chi connectivity index (χ4v) is 1.71. The second-order valence-corrected chi connectivity index (χ2v) is 4.98. The third-order valence-corrected chi connectivity index (χ3v) is 3.16. The van der Waals surface area contributed by atoms with Crippen LogP contribution in [0.1, 0.15) is 33.1 Å². The van der Waals surface area contributed by atoms with Gasteiger partial charge in [-0.3, -0.25) is 0 Å². The van der Waals surface area contributed by atoms with Crippen LogP contribution >= 0.6 is 0 Å². The van der Waals surface area contributed by atoms with Crippen molar-refractivity contribution in [2.45, 2.75) is 50.9 Å². The van der Waals surface area contributed by atoms with E-state index in [9.17, 15) is 0 Å². The van der Waals surface area contributed by atoms with Gasteiger partial charge >= 0.3 is 0 Å². The number of methoxy groups -OCH3 is 1.